The number of methoxy groups -OCH3 is 1. The molecule has 0 N–H and O–H groups in total. The van der Waals surface area contributed by atoms with E-state index >= 15 is 0 Å². The van der Waals surface area contributed by atoms with Crippen molar-refractivity contribution in [3.63, 3.8) is 0 Å². The average molecular weight is 378 g/mol. The number of nitro groups is 1. The van der Waals surface area contributed by atoms with Gasteiger partial charge in [-0.2, -0.15) is 0 Å². The van der Waals surface area contributed by atoms with Crippen molar-refractivity contribution in [2.24, 2.45) is 0 Å². The second-order valence-electron chi connectivity index (χ2n) is 4.90. The Morgan fingerprint density at radius 1 is 1.22 bits per heavy atom. The van der Waals surface area contributed by atoms with Crippen LogP contribution in [0.4, 0.5) is 0 Å². The van der Waals surface area contributed by atoms with Gasteiger partial charge in [-0.3, -0.25) is 10.1 Å². The first-order valence-corrected chi connectivity index (χ1v) is 7.66. The normalized spacial score (nSPS) is 10.7. The van der Waals surface area contributed by atoms with Gasteiger partial charge in [-0.25, -0.2) is 0 Å². The molecule has 5 nitrogen and oxygen atoms in total. The van der Waals surface area contributed by atoms with E-state index in [0.717, 1.165) is 11.8 Å². The van der Waals surface area contributed by atoms with Crippen LogP contribution in [0, 0.1) is 17.0 Å². The number of hydrogen-bond acceptors (Lipinski definition) is 4. The zero-order valence-corrected chi connectivity index (χ0v) is 14.4. The molecule has 0 aliphatic carbocycles. The summed E-state index contributed by atoms with van der Waals surface area (Å²) in [5.41, 5.74) is 2.88. The highest BCUT2D eigenvalue weighted by molar-refractivity contribution is 9.10. The third kappa shape index (κ3) is 4.82. The van der Waals surface area contributed by atoms with E-state index in [1.165, 1.54) is 18.7 Å². The van der Waals surface area contributed by atoms with Crippen LogP contribution in [0.15, 0.2) is 47.1 Å². The highest BCUT2D eigenvalue weighted by atomic mass is 79.9. The van der Waals surface area contributed by atoms with Crippen molar-refractivity contribution in [3.8, 4) is 11.5 Å². The minimum absolute atomic E-state index is 0.410. The Morgan fingerprint density at radius 3 is 2.52 bits per heavy atom. The van der Waals surface area contributed by atoms with E-state index in [-0.39, 0.29) is 0 Å². The lowest BCUT2D eigenvalue weighted by molar-refractivity contribution is -0.400. The first-order valence-electron chi connectivity index (χ1n) is 6.87. The molecule has 120 valence electrons. The molecule has 0 spiro atoms. The van der Waals surface area contributed by atoms with Crippen molar-refractivity contribution in [1.82, 2.24) is 0 Å². The predicted molar refractivity (Wildman–Crippen MR) is 92.2 cm³/mol. The van der Waals surface area contributed by atoms with Crippen LogP contribution in [0.2, 0.25) is 0 Å². The Labute approximate surface area is 142 Å². The van der Waals surface area contributed by atoms with Gasteiger partial charge in [0.25, 0.3) is 0 Å². The van der Waals surface area contributed by atoms with Crippen LogP contribution in [-0.4, -0.2) is 12.0 Å². The molecule has 2 aromatic rings. The van der Waals surface area contributed by atoms with Gasteiger partial charge in [0.15, 0.2) is 11.5 Å². The van der Waals surface area contributed by atoms with Crippen LogP contribution >= 0.6 is 15.9 Å². The summed E-state index contributed by atoms with van der Waals surface area (Å²) in [6.07, 6.45) is 2.28. The lowest BCUT2D eigenvalue weighted by atomic mass is 10.1. The maximum absolute atomic E-state index is 10.4. The second-order valence-corrected chi connectivity index (χ2v) is 5.75. The maximum Gasteiger partial charge on any atom is 0.235 e. The smallest absolute Gasteiger partial charge is 0.235 e. The van der Waals surface area contributed by atoms with E-state index in [4.69, 9.17) is 9.47 Å². The fourth-order valence-electron chi connectivity index (χ4n) is 1.94. The maximum atomic E-state index is 10.4. The van der Waals surface area contributed by atoms with Gasteiger partial charge >= 0.3 is 0 Å². The summed E-state index contributed by atoms with van der Waals surface area (Å²) in [5, 5.41) is 10.4. The Kier molecular flexibility index (Phi) is 5.76. The molecule has 0 aromatic heterocycles. The van der Waals surface area contributed by atoms with E-state index < -0.39 is 4.92 Å². The molecular weight excluding hydrogens is 362 g/mol. The van der Waals surface area contributed by atoms with Gasteiger partial charge < -0.3 is 9.47 Å². The Hall–Kier alpha value is -2.34. The number of benzene rings is 2. The van der Waals surface area contributed by atoms with Crippen LogP contribution < -0.4 is 9.47 Å². The van der Waals surface area contributed by atoms with Gasteiger partial charge in [-0.15, -0.1) is 0 Å². The summed E-state index contributed by atoms with van der Waals surface area (Å²) in [5.74, 6) is 1.08. The van der Waals surface area contributed by atoms with E-state index in [1.807, 2.05) is 31.2 Å². The van der Waals surface area contributed by atoms with Crippen molar-refractivity contribution >= 4 is 22.0 Å². The fraction of sp³-hybridized carbons (Fsp3) is 0.176. The van der Waals surface area contributed by atoms with Crippen molar-refractivity contribution in [2.45, 2.75) is 13.5 Å². The third-order valence-electron chi connectivity index (χ3n) is 3.17. The molecule has 0 aliphatic heterocycles. The van der Waals surface area contributed by atoms with Gasteiger partial charge in [0.05, 0.1) is 12.0 Å². The summed E-state index contributed by atoms with van der Waals surface area (Å²) >= 11 is 3.39. The molecule has 0 bridgehead atoms. The van der Waals surface area contributed by atoms with Gasteiger partial charge in [-0.1, -0.05) is 45.8 Å². The van der Waals surface area contributed by atoms with Gasteiger partial charge in [0, 0.05) is 10.5 Å². The van der Waals surface area contributed by atoms with Crippen molar-refractivity contribution in [1.29, 1.82) is 0 Å². The van der Waals surface area contributed by atoms with Crippen LogP contribution in [0.3, 0.4) is 0 Å². The minimum atomic E-state index is -0.513. The summed E-state index contributed by atoms with van der Waals surface area (Å²) in [7, 11) is 1.53. The van der Waals surface area contributed by atoms with E-state index in [0.29, 0.717) is 28.1 Å². The van der Waals surface area contributed by atoms with Crippen LogP contribution in [0.1, 0.15) is 16.7 Å². The zero-order valence-electron chi connectivity index (χ0n) is 12.8. The molecule has 2 rings (SSSR count). The van der Waals surface area contributed by atoms with Crippen molar-refractivity contribution < 1.29 is 14.4 Å². The Morgan fingerprint density at radius 2 is 1.91 bits per heavy atom. The first-order chi connectivity index (χ1) is 11.0. The number of halogens is 1. The Bertz CT molecular complexity index is 726. The summed E-state index contributed by atoms with van der Waals surface area (Å²) in [6.45, 7) is 2.44. The molecule has 0 atom stereocenters. The summed E-state index contributed by atoms with van der Waals surface area (Å²) < 4.78 is 11.8. The van der Waals surface area contributed by atoms with Crippen molar-refractivity contribution in [3.05, 3.63) is 73.9 Å². The van der Waals surface area contributed by atoms with Gasteiger partial charge in [0.2, 0.25) is 6.20 Å². The second kappa shape index (κ2) is 7.78. The molecule has 0 radical (unpaired) electrons. The fourth-order valence-corrected chi connectivity index (χ4v) is 2.39. The number of aryl methyl sites for hydroxylation is 1. The van der Waals surface area contributed by atoms with Gasteiger partial charge in [-0.05, 0) is 30.2 Å². The quantitative estimate of drug-likeness (QED) is 0.545. The molecule has 0 unspecified atom stereocenters. The lowest BCUT2D eigenvalue weighted by Crippen LogP contribution is -1.98. The average Bonchev–Trinajstić information content (AvgIpc) is 2.53. The zero-order chi connectivity index (χ0) is 16.8. The number of rotatable bonds is 6. The SMILES string of the molecule is COc1cc(/C=C/[N+](=O)[O-])c(Br)cc1OCc1ccc(C)cc1. The topological polar surface area (TPSA) is 61.6 Å². The highest BCUT2D eigenvalue weighted by Crippen LogP contribution is 2.34. The predicted octanol–water partition coefficient (Wildman–Crippen LogP) is 4.59. The van der Waals surface area contributed by atoms with E-state index in [2.05, 4.69) is 15.9 Å². The molecule has 0 fully saturated rings. The highest BCUT2D eigenvalue weighted by Gasteiger charge is 2.10. The van der Waals surface area contributed by atoms with Gasteiger partial charge in [0.1, 0.15) is 6.61 Å². The minimum Gasteiger partial charge on any atom is -0.493 e. The number of hydrogen-bond donors (Lipinski definition) is 0. The lowest BCUT2D eigenvalue weighted by Gasteiger charge is -2.13. The first kappa shape index (κ1) is 17.0. The molecule has 0 amide bonds. The van der Waals surface area contributed by atoms with Crippen LogP contribution in [0.5, 0.6) is 11.5 Å². The third-order valence-corrected chi connectivity index (χ3v) is 3.86. The summed E-state index contributed by atoms with van der Waals surface area (Å²) in [4.78, 5) is 9.92. The number of ether oxygens (including phenoxy) is 2. The molecule has 0 saturated heterocycles. The molecule has 6 heteroatoms. The Balaban J connectivity index is 2.19. The van der Waals surface area contributed by atoms with E-state index in [9.17, 15) is 10.1 Å². The summed E-state index contributed by atoms with van der Waals surface area (Å²) in [6, 6.07) is 11.5. The molecule has 0 heterocycles. The molecular formula is C17H16BrNO4. The van der Waals surface area contributed by atoms with Crippen LogP contribution in [0.25, 0.3) is 6.08 Å². The van der Waals surface area contributed by atoms with Crippen LogP contribution in [-0.2, 0) is 6.61 Å². The standard InChI is InChI=1S/C17H16BrNO4/c1-12-3-5-13(6-4-12)11-23-17-10-15(18)14(7-8-19(20)21)9-16(17)22-2/h3-10H,11H2,1-2H3/b8-7+. The number of nitrogens with zero attached hydrogens (tertiary/aromatic N) is 1. The monoisotopic (exact) mass is 377 g/mol. The van der Waals surface area contributed by atoms with E-state index in [1.54, 1.807) is 12.1 Å². The molecule has 0 aliphatic rings. The largest absolute Gasteiger partial charge is 0.493 e. The molecule has 23 heavy (non-hydrogen) atoms. The molecule has 0 saturated carbocycles. The molecule has 2 aromatic carbocycles. The van der Waals surface area contributed by atoms with Crippen molar-refractivity contribution in [2.75, 3.05) is 7.11 Å².